The van der Waals surface area contributed by atoms with Crippen molar-refractivity contribution in [1.82, 2.24) is 0 Å². The van der Waals surface area contributed by atoms with E-state index in [1.54, 1.807) is 13.8 Å². The van der Waals surface area contributed by atoms with Crippen LogP contribution in [-0.4, -0.2) is 23.2 Å². The van der Waals surface area contributed by atoms with E-state index in [1.165, 1.54) is 5.06 Å². The number of rotatable bonds is 5. The molecule has 4 heteroatoms. The zero-order valence-corrected chi connectivity index (χ0v) is 9.80. The van der Waals surface area contributed by atoms with Crippen LogP contribution in [0.25, 0.3) is 0 Å². The third kappa shape index (κ3) is 2.52. The van der Waals surface area contributed by atoms with Crippen LogP contribution < -0.4 is 5.06 Å². The largest absolute Gasteiger partial charge is 0.479 e. The molecule has 0 saturated carbocycles. The summed E-state index contributed by atoms with van der Waals surface area (Å²) in [5.41, 5.74) is -0.367. The van der Waals surface area contributed by atoms with E-state index in [0.29, 0.717) is 6.61 Å². The van der Waals surface area contributed by atoms with Gasteiger partial charge in [0.25, 0.3) is 0 Å². The molecule has 1 N–H and O–H groups in total. The number of nitrogens with zero attached hydrogens (tertiary/aromatic N) is 1. The Hall–Kier alpha value is -1.55. The lowest BCUT2D eigenvalue weighted by atomic mass is 10.1. The molecule has 0 atom stereocenters. The summed E-state index contributed by atoms with van der Waals surface area (Å²) in [6.07, 6.45) is 0. The normalized spacial score (nSPS) is 11.2. The number of carboxylic acid groups (broad SMARTS) is 1. The fourth-order valence-electron chi connectivity index (χ4n) is 1.34. The Morgan fingerprint density at radius 1 is 1.38 bits per heavy atom. The molecule has 1 aromatic carbocycles. The minimum absolute atomic E-state index is 0.422. The molecular formula is C12H17NO3. The smallest absolute Gasteiger partial charge is 0.331 e. The molecule has 1 rings (SSSR count). The predicted octanol–water partition coefficient (Wildman–Crippen LogP) is 2.31. The second-order valence-corrected chi connectivity index (χ2v) is 3.91. The molecule has 0 fully saturated rings. The highest BCUT2D eigenvalue weighted by Crippen LogP contribution is 2.24. The molecule has 0 aliphatic carbocycles. The van der Waals surface area contributed by atoms with Gasteiger partial charge in [-0.15, -0.1) is 0 Å². The van der Waals surface area contributed by atoms with E-state index in [0.717, 1.165) is 5.69 Å². The summed E-state index contributed by atoms with van der Waals surface area (Å²) in [5.74, 6) is -0.926. The molecule has 0 aromatic heterocycles. The third-order valence-corrected chi connectivity index (χ3v) is 2.28. The highest BCUT2D eigenvalue weighted by molar-refractivity contribution is 5.81. The van der Waals surface area contributed by atoms with Gasteiger partial charge in [-0.2, -0.15) is 0 Å². The van der Waals surface area contributed by atoms with Gasteiger partial charge in [-0.25, -0.2) is 9.86 Å². The maximum atomic E-state index is 11.2. The van der Waals surface area contributed by atoms with Gasteiger partial charge in [0.1, 0.15) is 0 Å². The number of para-hydroxylation sites is 1. The number of hydrogen-bond donors (Lipinski definition) is 1. The van der Waals surface area contributed by atoms with Gasteiger partial charge >= 0.3 is 5.97 Å². The molecule has 0 bridgehead atoms. The van der Waals surface area contributed by atoms with Crippen LogP contribution in [-0.2, 0) is 9.63 Å². The van der Waals surface area contributed by atoms with E-state index >= 15 is 0 Å². The van der Waals surface area contributed by atoms with Crippen molar-refractivity contribution in [2.75, 3.05) is 11.7 Å². The average molecular weight is 223 g/mol. The molecule has 88 valence electrons. The van der Waals surface area contributed by atoms with E-state index in [-0.39, 0.29) is 0 Å². The molecule has 0 amide bonds. The Labute approximate surface area is 95.4 Å². The summed E-state index contributed by atoms with van der Waals surface area (Å²) >= 11 is 0. The van der Waals surface area contributed by atoms with Crippen molar-refractivity contribution < 1.29 is 14.7 Å². The molecule has 1 aromatic rings. The SMILES string of the molecule is CCON(c1ccccc1)C(C)(C)C(=O)O. The maximum Gasteiger partial charge on any atom is 0.331 e. The number of carboxylic acids is 1. The monoisotopic (exact) mass is 223 g/mol. The molecule has 0 aliphatic heterocycles. The van der Waals surface area contributed by atoms with Crippen LogP contribution in [0.4, 0.5) is 5.69 Å². The summed E-state index contributed by atoms with van der Waals surface area (Å²) in [7, 11) is 0. The fraction of sp³-hybridized carbons (Fsp3) is 0.417. The first-order valence-corrected chi connectivity index (χ1v) is 5.21. The highest BCUT2D eigenvalue weighted by Gasteiger charge is 2.36. The maximum absolute atomic E-state index is 11.2. The zero-order valence-electron chi connectivity index (χ0n) is 9.80. The quantitative estimate of drug-likeness (QED) is 0.778. The Morgan fingerprint density at radius 2 is 1.94 bits per heavy atom. The summed E-state index contributed by atoms with van der Waals surface area (Å²) in [4.78, 5) is 16.6. The van der Waals surface area contributed by atoms with E-state index < -0.39 is 11.5 Å². The Balaban J connectivity index is 3.05. The van der Waals surface area contributed by atoms with Crippen LogP contribution in [0.5, 0.6) is 0 Å². The lowest BCUT2D eigenvalue weighted by molar-refractivity contribution is -0.145. The fourth-order valence-corrected chi connectivity index (χ4v) is 1.34. The molecule has 0 spiro atoms. The van der Waals surface area contributed by atoms with Gasteiger partial charge in [0.05, 0.1) is 12.3 Å². The first-order chi connectivity index (χ1) is 7.50. The Bertz CT molecular complexity index is 349. The van der Waals surface area contributed by atoms with Crippen LogP contribution >= 0.6 is 0 Å². The Kier molecular flexibility index (Phi) is 3.90. The van der Waals surface area contributed by atoms with E-state index in [4.69, 9.17) is 4.84 Å². The number of aliphatic carboxylic acids is 1. The van der Waals surface area contributed by atoms with Crippen LogP contribution in [0.1, 0.15) is 20.8 Å². The number of hydrogen-bond acceptors (Lipinski definition) is 3. The number of anilines is 1. The van der Waals surface area contributed by atoms with Gasteiger partial charge in [-0.3, -0.25) is 4.84 Å². The second-order valence-electron chi connectivity index (χ2n) is 3.91. The lowest BCUT2D eigenvalue weighted by Gasteiger charge is -2.35. The van der Waals surface area contributed by atoms with Crippen molar-refractivity contribution in [3.8, 4) is 0 Å². The summed E-state index contributed by atoms with van der Waals surface area (Å²) in [6.45, 7) is 5.47. The van der Waals surface area contributed by atoms with Gasteiger partial charge in [-0.05, 0) is 32.9 Å². The number of hydroxylamine groups is 1. The van der Waals surface area contributed by atoms with Crippen LogP contribution in [0.15, 0.2) is 30.3 Å². The molecule has 16 heavy (non-hydrogen) atoms. The van der Waals surface area contributed by atoms with Gasteiger partial charge in [0, 0.05) is 0 Å². The van der Waals surface area contributed by atoms with Crippen LogP contribution in [0.2, 0.25) is 0 Å². The van der Waals surface area contributed by atoms with Crippen molar-refractivity contribution in [3.63, 3.8) is 0 Å². The first kappa shape index (κ1) is 12.5. The number of carbonyl (C=O) groups is 1. The molecule has 4 nitrogen and oxygen atoms in total. The standard InChI is InChI=1S/C12H17NO3/c1-4-16-13(12(2,3)11(14)15)10-8-6-5-7-9-10/h5-9H,4H2,1-3H3,(H,14,15). The van der Waals surface area contributed by atoms with Crippen molar-refractivity contribution in [2.24, 2.45) is 0 Å². The number of benzene rings is 1. The topological polar surface area (TPSA) is 49.8 Å². The van der Waals surface area contributed by atoms with Crippen molar-refractivity contribution in [2.45, 2.75) is 26.3 Å². The molecule has 0 heterocycles. The van der Waals surface area contributed by atoms with E-state index in [1.807, 2.05) is 37.3 Å². The Morgan fingerprint density at radius 3 is 2.38 bits per heavy atom. The summed E-state index contributed by atoms with van der Waals surface area (Å²) in [5, 5.41) is 10.6. The van der Waals surface area contributed by atoms with Crippen LogP contribution in [0, 0.1) is 0 Å². The second kappa shape index (κ2) is 4.99. The predicted molar refractivity (Wildman–Crippen MR) is 62.3 cm³/mol. The average Bonchev–Trinajstić information content (AvgIpc) is 2.26. The van der Waals surface area contributed by atoms with Crippen molar-refractivity contribution >= 4 is 11.7 Å². The third-order valence-electron chi connectivity index (χ3n) is 2.28. The molecular weight excluding hydrogens is 206 g/mol. The lowest BCUT2D eigenvalue weighted by Crippen LogP contribution is -2.50. The molecule has 0 aliphatic rings. The van der Waals surface area contributed by atoms with Crippen molar-refractivity contribution in [3.05, 3.63) is 30.3 Å². The minimum Gasteiger partial charge on any atom is -0.479 e. The first-order valence-electron chi connectivity index (χ1n) is 5.21. The summed E-state index contributed by atoms with van der Waals surface area (Å²) in [6, 6.07) is 9.21. The zero-order chi connectivity index (χ0) is 12.2. The van der Waals surface area contributed by atoms with Gasteiger partial charge in [-0.1, -0.05) is 18.2 Å². The van der Waals surface area contributed by atoms with E-state index in [9.17, 15) is 9.90 Å². The van der Waals surface area contributed by atoms with Gasteiger partial charge in [0.2, 0.25) is 0 Å². The van der Waals surface area contributed by atoms with Gasteiger partial charge in [0.15, 0.2) is 5.54 Å². The van der Waals surface area contributed by atoms with Crippen LogP contribution in [0.3, 0.4) is 0 Å². The van der Waals surface area contributed by atoms with E-state index in [2.05, 4.69) is 0 Å². The van der Waals surface area contributed by atoms with Crippen molar-refractivity contribution in [1.29, 1.82) is 0 Å². The molecule has 0 saturated heterocycles. The molecule has 0 radical (unpaired) electrons. The minimum atomic E-state index is -1.10. The highest BCUT2D eigenvalue weighted by atomic mass is 16.7. The van der Waals surface area contributed by atoms with Gasteiger partial charge < -0.3 is 5.11 Å². The molecule has 0 unspecified atom stereocenters. The summed E-state index contributed by atoms with van der Waals surface area (Å²) < 4.78 is 0.